The lowest BCUT2D eigenvalue weighted by Gasteiger charge is -2.47. The van der Waals surface area contributed by atoms with Gasteiger partial charge in [0.2, 0.25) is 11.9 Å². The van der Waals surface area contributed by atoms with Gasteiger partial charge in [0.1, 0.15) is 18.1 Å². The van der Waals surface area contributed by atoms with Crippen LogP contribution in [0.3, 0.4) is 0 Å². The van der Waals surface area contributed by atoms with E-state index >= 15 is 0 Å². The molecule has 2 N–H and O–H groups in total. The molecule has 0 aromatic heterocycles. The van der Waals surface area contributed by atoms with Gasteiger partial charge in [-0.05, 0) is 59.3 Å². The molecule has 3 atom stereocenters. The first-order valence-corrected chi connectivity index (χ1v) is 23.4. The van der Waals surface area contributed by atoms with Crippen LogP contribution in [0.1, 0.15) is 57.4 Å². The molecular formula is C49H41N7O17S. The number of nitro groups is 3. The number of guanidine groups is 1. The maximum atomic E-state index is 13.8. The Kier molecular flexibility index (Phi) is 16.1. The summed E-state index contributed by atoms with van der Waals surface area (Å²) in [6.45, 7) is 5.43. The minimum absolute atomic E-state index is 0.0562. The maximum absolute atomic E-state index is 13.8. The van der Waals surface area contributed by atoms with Gasteiger partial charge in [0.25, 0.3) is 17.1 Å². The highest BCUT2D eigenvalue weighted by molar-refractivity contribution is 7.98. The molecule has 1 fully saturated rings. The number of nitro benzene ring substituents is 3. The Morgan fingerprint density at radius 1 is 0.662 bits per heavy atom. The number of hydrogen-bond acceptors (Lipinski definition) is 19. The molecule has 2 aliphatic rings. The van der Waals surface area contributed by atoms with Crippen molar-refractivity contribution in [2.24, 2.45) is 22.7 Å². The van der Waals surface area contributed by atoms with Crippen LogP contribution in [0.2, 0.25) is 0 Å². The number of fused-ring (bicyclic) bond motifs is 2. The number of ether oxygens (including phenoxy) is 4. The molecule has 5 aromatic rings. The van der Waals surface area contributed by atoms with Gasteiger partial charge in [0, 0.05) is 64.8 Å². The number of β-lactam (4-membered cyclic amide) rings is 1. The van der Waals surface area contributed by atoms with Crippen LogP contribution in [0, 0.1) is 48.1 Å². The largest absolute Gasteiger partial charge is 0.488 e. The maximum Gasteiger partial charge on any atom is 0.421 e. The van der Waals surface area contributed by atoms with E-state index in [1.807, 2.05) is 45.0 Å². The average molecular weight is 1030 g/mol. The normalized spacial score (nSPS) is 15.5. The quantitative estimate of drug-likeness (QED) is 0.0112. The summed E-state index contributed by atoms with van der Waals surface area (Å²) in [5, 5.41) is 38.8. The van der Waals surface area contributed by atoms with Crippen LogP contribution in [0.4, 0.5) is 26.7 Å². The first-order chi connectivity index (χ1) is 35.3. The fourth-order valence-electron chi connectivity index (χ4n) is 8.16. The lowest BCUT2D eigenvalue weighted by molar-refractivity contribution is -0.385. The van der Waals surface area contributed by atoms with E-state index in [9.17, 15) is 63.9 Å². The molecular weight excluding hydrogens is 991 g/mol. The molecule has 0 saturated carbocycles. The van der Waals surface area contributed by atoms with E-state index in [-0.39, 0.29) is 82.1 Å². The van der Waals surface area contributed by atoms with E-state index in [0.717, 1.165) is 83.7 Å². The summed E-state index contributed by atoms with van der Waals surface area (Å²) in [5.74, 6) is -5.16. The third-order valence-electron chi connectivity index (χ3n) is 11.8. The van der Waals surface area contributed by atoms with E-state index in [1.165, 1.54) is 16.7 Å². The smallest absolute Gasteiger partial charge is 0.421 e. The number of carbonyl (C=O) groups is 7. The summed E-state index contributed by atoms with van der Waals surface area (Å²) >= 11 is 1.39. The Bertz CT molecular complexity index is 3090. The van der Waals surface area contributed by atoms with Crippen molar-refractivity contribution in [2.75, 3.05) is 18.9 Å². The highest BCUT2D eigenvalue weighted by Crippen LogP contribution is 2.49. The van der Waals surface area contributed by atoms with Gasteiger partial charge in [0.15, 0.2) is 0 Å². The Morgan fingerprint density at radius 2 is 1.14 bits per heavy atom. The minimum atomic E-state index is -1.43. The van der Waals surface area contributed by atoms with Gasteiger partial charge in [-0.2, -0.15) is 11.8 Å². The monoisotopic (exact) mass is 1030 g/mol. The van der Waals surface area contributed by atoms with E-state index in [1.54, 1.807) is 12.1 Å². The second-order valence-electron chi connectivity index (χ2n) is 16.7. The van der Waals surface area contributed by atoms with Gasteiger partial charge in [-0.3, -0.25) is 50.8 Å². The fraction of sp³-hybridized carbons (Fsp3) is 0.224. The van der Waals surface area contributed by atoms with Crippen molar-refractivity contribution in [1.29, 1.82) is 0 Å². The van der Waals surface area contributed by atoms with Gasteiger partial charge >= 0.3 is 36.1 Å². The molecule has 0 spiro atoms. The topological polar surface area (TPSA) is 325 Å². The lowest BCUT2D eigenvalue weighted by Crippen LogP contribution is -2.62. The third-order valence-corrected chi connectivity index (χ3v) is 12.8. The molecule has 1 saturated heterocycles. The number of amides is 3. The summed E-state index contributed by atoms with van der Waals surface area (Å²) < 4.78 is 21.2. The number of rotatable bonds is 16. The summed E-state index contributed by atoms with van der Waals surface area (Å²) in [6, 6.07) is 23.3. The average Bonchev–Trinajstić information content (AvgIpc) is 3.62. The highest BCUT2D eigenvalue weighted by atomic mass is 32.2. The summed E-state index contributed by atoms with van der Waals surface area (Å²) in [5.41, 5.74) is -0.266. The molecule has 0 bridgehead atoms. The second kappa shape index (κ2) is 22.8. The van der Waals surface area contributed by atoms with Crippen LogP contribution in [0.15, 0.2) is 125 Å². The molecule has 380 valence electrons. The van der Waals surface area contributed by atoms with Crippen LogP contribution < -0.4 is 15.4 Å². The first-order valence-electron chi connectivity index (χ1n) is 22.2. The predicted octanol–water partition coefficient (Wildman–Crippen LogP) is 7.44. The molecule has 5 aromatic carbocycles. The van der Waals surface area contributed by atoms with Crippen LogP contribution in [-0.4, -0.2) is 92.5 Å². The summed E-state index contributed by atoms with van der Waals surface area (Å²) in [4.78, 5) is 128. The van der Waals surface area contributed by atoms with Crippen molar-refractivity contribution in [3.05, 3.63) is 173 Å². The molecule has 0 radical (unpaired) electrons. The number of nitrogens with zero attached hydrogens (tertiary/aromatic N) is 5. The first kappa shape index (κ1) is 52.4. The molecule has 0 aliphatic carbocycles. The molecule has 3 amide bonds. The van der Waals surface area contributed by atoms with Gasteiger partial charge in [-0.25, -0.2) is 28.8 Å². The van der Waals surface area contributed by atoms with Crippen LogP contribution in [-0.2, 0) is 29.6 Å². The van der Waals surface area contributed by atoms with Gasteiger partial charge in [-0.15, -0.1) is 0 Å². The molecule has 74 heavy (non-hydrogen) atoms. The van der Waals surface area contributed by atoms with E-state index in [4.69, 9.17) is 18.9 Å². The minimum Gasteiger partial charge on any atom is -0.488 e. The van der Waals surface area contributed by atoms with Crippen molar-refractivity contribution in [3.8, 4) is 5.75 Å². The predicted molar refractivity (Wildman–Crippen MR) is 261 cm³/mol. The lowest BCUT2D eigenvalue weighted by atomic mass is 9.74. The molecule has 7 rings (SSSR count). The van der Waals surface area contributed by atoms with Crippen LogP contribution in [0.5, 0.6) is 5.75 Å². The number of benzene rings is 5. The molecule has 25 heteroatoms. The third kappa shape index (κ3) is 11.9. The number of carbonyl (C=O) groups excluding carboxylic acids is 7. The fourth-order valence-corrected chi connectivity index (χ4v) is 9.00. The molecule has 0 unspecified atom stereocenters. The zero-order valence-electron chi connectivity index (χ0n) is 39.1. The molecule has 2 aliphatic heterocycles. The second-order valence-corrected chi connectivity index (χ2v) is 17.8. The summed E-state index contributed by atoms with van der Waals surface area (Å²) in [6.07, 6.45) is -2.86. The van der Waals surface area contributed by atoms with Crippen molar-refractivity contribution >= 4 is 87.5 Å². The number of alkyl carbamates (subject to hydrolysis) is 2. The van der Waals surface area contributed by atoms with Crippen molar-refractivity contribution < 1.29 is 67.3 Å². The Balaban J connectivity index is 1.02. The van der Waals surface area contributed by atoms with Gasteiger partial charge in [0.05, 0.1) is 50.0 Å². The Hall–Kier alpha value is -9.39. The van der Waals surface area contributed by atoms with E-state index < -0.39 is 62.7 Å². The zero-order chi connectivity index (χ0) is 53.4. The number of thioether (sulfide) groups is 1. The van der Waals surface area contributed by atoms with Crippen molar-refractivity contribution in [1.82, 2.24) is 15.5 Å². The number of hydrogen-bond donors (Lipinski definition) is 2. The van der Waals surface area contributed by atoms with Crippen LogP contribution >= 0.6 is 11.8 Å². The zero-order valence-corrected chi connectivity index (χ0v) is 39.9. The van der Waals surface area contributed by atoms with E-state index in [0.29, 0.717) is 22.5 Å². The summed E-state index contributed by atoms with van der Waals surface area (Å²) in [7, 11) is 0. The number of nitrogens with one attached hydrogen (secondary N) is 2. The van der Waals surface area contributed by atoms with Crippen molar-refractivity contribution in [2.45, 2.75) is 32.6 Å². The highest BCUT2D eigenvalue weighted by Gasteiger charge is 2.59. The van der Waals surface area contributed by atoms with Crippen LogP contribution in [0.25, 0.3) is 10.8 Å². The Labute approximate surface area is 422 Å². The van der Waals surface area contributed by atoms with Gasteiger partial charge in [-0.1, -0.05) is 51.1 Å². The Morgan fingerprint density at radius 3 is 1.62 bits per heavy atom. The molecule has 2 heterocycles. The standard InChI is InChI=1S/C49H41N7O17S/c1-26(2)39-40-27(3)37(41(53(40)42(39)57)46(61)71-43(58)28-10-16-32(17-11-28)54(64)65)24-70-38-9-5-7-35-31(6-4-8-36(35)38)25-74-23-22-50-47(51-48(62)72-44(59)29-12-18-33(19-13-29)55(66)67)52-49(63)73-45(60)30-14-20-34(21-15-30)56(68)69/h4-21,26-27,39-40H,22-25H2,1-3H3,(H2,50,51,52,62,63)/t27-,39+,40+/m0/s1. The SMILES string of the molecule is CC(C)[C@H]1C(=O)N2C(C(=O)OC(=O)c3ccc([N+](=O)[O-])cc3)=C(COc3cccc4c(CSCCN=C(NC(=O)OC(=O)c5ccc([N+](=O)[O-])cc5)NC(=O)OC(=O)c5ccc([N+](=O)[O-])cc5)cccc34)[C@H](C)[C@H]12. The van der Waals surface area contributed by atoms with Gasteiger partial charge < -0.3 is 23.8 Å². The number of esters is 4. The number of aliphatic imine (C=N–C) groups is 1. The number of non-ortho nitro benzene ring substituents is 3. The molecule has 24 nitrogen and oxygen atoms in total. The van der Waals surface area contributed by atoms with Crippen molar-refractivity contribution in [3.63, 3.8) is 0 Å². The van der Waals surface area contributed by atoms with E-state index in [2.05, 4.69) is 15.6 Å².